The number of carbonyl (C=O) groups is 1. The third-order valence-corrected chi connectivity index (χ3v) is 5.96. The molecule has 0 saturated heterocycles. The maximum atomic E-state index is 12.6. The molecule has 1 unspecified atom stereocenters. The van der Waals surface area contributed by atoms with Crippen molar-refractivity contribution in [3.05, 3.63) is 62.1 Å². The number of rotatable bonds is 5. The molecule has 4 rings (SSSR count). The van der Waals surface area contributed by atoms with Crippen molar-refractivity contribution in [3.63, 3.8) is 0 Å². The highest BCUT2D eigenvalue weighted by atomic mass is 32.1. The Balaban J connectivity index is 1.52. The van der Waals surface area contributed by atoms with Crippen LogP contribution >= 0.6 is 11.3 Å². The molecule has 28 heavy (non-hydrogen) atoms. The van der Waals surface area contributed by atoms with Gasteiger partial charge in [0.1, 0.15) is 11.3 Å². The molecule has 1 amide bonds. The van der Waals surface area contributed by atoms with Crippen LogP contribution in [-0.4, -0.2) is 24.0 Å². The van der Waals surface area contributed by atoms with Gasteiger partial charge in [-0.05, 0) is 72.7 Å². The van der Waals surface area contributed by atoms with Gasteiger partial charge in [0.25, 0.3) is 5.91 Å². The molecule has 0 spiro atoms. The molecular weight excluding hydrogens is 374 g/mol. The Labute approximate surface area is 167 Å². The largest absolute Gasteiger partial charge is 0.481 e. The molecule has 0 aliphatic heterocycles. The monoisotopic (exact) mass is 397 g/mol. The van der Waals surface area contributed by atoms with Gasteiger partial charge in [0.15, 0.2) is 6.10 Å². The van der Waals surface area contributed by atoms with Crippen molar-refractivity contribution in [1.82, 2.24) is 4.90 Å². The summed E-state index contributed by atoms with van der Waals surface area (Å²) < 4.78 is 11.4. The molecule has 1 atom stereocenters. The highest BCUT2D eigenvalue weighted by Gasteiger charge is 2.21. The lowest BCUT2D eigenvalue weighted by Gasteiger charge is -2.22. The van der Waals surface area contributed by atoms with E-state index < -0.39 is 6.10 Å². The Kier molecular flexibility index (Phi) is 5.22. The van der Waals surface area contributed by atoms with E-state index in [4.69, 9.17) is 9.15 Å². The van der Waals surface area contributed by atoms with E-state index in [1.807, 2.05) is 29.0 Å². The van der Waals surface area contributed by atoms with Crippen LogP contribution < -0.4 is 10.4 Å². The fraction of sp³-hybridized carbons (Fsp3) is 0.364. The number of aryl methyl sites for hydroxylation is 1. The van der Waals surface area contributed by atoms with Gasteiger partial charge in [-0.3, -0.25) is 4.79 Å². The summed E-state index contributed by atoms with van der Waals surface area (Å²) in [4.78, 5) is 26.6. The predicted molar refractivity (Wildman–Crippen MR) is 110 cm³/mol. The topological polar surface area (TPSA) is 59.8 Å². The van der Waals surface area contributed by atoms with E-state index >= 15 is 0 Å². The summed E-state index contributed by atoms with van der Waals surface area (Å²) in [5.41, 5.74) is 3.29. The van der Waals surface area contributed by atoms with Crippen LogP contribution in [0.1, 0.15) is 36.5 Å². The maximum absolute atomic E-state index is 12.6. The zero-order chi connectivity index (χ0) is 19.7. The second-order valence-corrected chi connectivity index (χ2v) is 8.08. The van der Waals surface area contributed by atoms with Gasteiger partial charge >= 0.3 is 5.63 Å². The van der Waals surface area contributed by atoms with Gasteiger partial charge in [-0.2, -0.15) is 11.3 Å². The van der Waals surface area contributed by atoms with E-state index in [0.29, 0.717) is 17.9 Å². The lowest BCUT2D eigenvalue weighted by molar-refractivity contribution is -0.137. The summed E-state index contributed by atoms with van der Waals surface area (Å²) in [5.74, 6) is 0.425. The molecule has 0 N–H and O–H groups in total. The molecule has 1 aliphatic rings. The lowest BCUT2D eigenvalue weighted by Crippen LogP contribution is -2.37. The van der Waals surface area contributed by atoms with E-state index in [2.05, 4.69) is 0 Å². The number of thiophene rings is 1. The first-order chi connectivity index (χ1) is 13.5. The highest BCUT2D eigenvalue weighted by Crippen LogP contribution is 2.29. The second-order valence-electron chi connectivity index (χ2n) is 7.30. The number of fused-ring (bicyclic) bond motifs is 3. The van der Waals surface area contributed by atoms with Crippen molar-refractivity contribution in [2.75, 3.05) is 7.05 Å². The number of benzene rings is 1. The average Bonchev–Trinajstić information content (AvgIpc) is 3.20. The molecular formula is C22H23NO4S. The van der Waals surface area contributed by atoms with Crippen molar-refractivity contribution >= 4 is 28.2 Å². The van der Waals surface area contributed by atoms with Crippen molar-refractivity contribution in [3.8, 4) is 5.75 Å². The number of hydrogen-bond donors (Lipinski definition) is 0. The lowest BCUT2D eigenvalue weighted by atomic mass is 9.91. The SMILES string of the molecule is CC(Oc1ccc2c3c(c(=O)oc2c1)CCCC3)C(=O)N(C)Cc1ccsc1. The van der Waals surface area contributed by atoms with E-state index in [1.165, 1.54) is 0 Å². The number of ether oxygens (including phenoxy) is 1. The summed E-state index contributed by atoms with van der Waals surface area (Å²) in [6.45, 7) is 2.29. The normalized spacial score (nSPS) is 14.5. The Hall–Kier alpha value is -2.60. The summed E-state index contributed by atoms with van der Waals surface area (Å²) in [6, 6.07) is 7.50. The molecule has 5 nitrogen and oxygen atoms in total. The summed E-state index contributed by atoms with van der Waals surface area (Å²) in [7, 11) is 1.77. The molecule has 2 heterocycles. The molecule has 3 aromatic rings. The summed E-state index contributed by atoms with van der Waals surface area (Å²) >= 11 is 1.61. The van der Waals surface area contributed by atoms with Crippen molar-refractivity contribution in [2.45, 2.75) is 45.3 Å². The van der Waals surface area contributed by atoms with Crippen LogP contribution in [0.2, 0.25) is 0 Å². The van der Waals surface area contributed by atoms with Crippen molar-refractivity contribution in [2.24, 2.45) is 0 Å². The van der Waals surface area contributed by atoms with Gasteiger partial charge in [0.05, 0.1) is 0 Å². The van der Waals surface area contributed by atoms with Crippen LogP contribution in [0.15, 0.2) is 44.2 Å². The molecule has 1 aromatic carbocycles. The molecule has 6 heteroatoms. The van der Waals surface area contributed by atoms with Crippen molar-refractivity contribution in [1.29, 1.82) is 0 Å². The number of nitrogens with zero attached hydrogens (tertiary/aromatic N) is 1. The van der Waals surface area contributed by atoms with Crippen LogP contribution in [0.5, 0.6) is 5.75 Å². The fourth-order valence-corrected chi connectivity index (χ4v) is 4.46. The molecule has 0 bridgehead atoms. The average molecular weight is 397 g/mol. The minimum absolute atomic E-state index is 0.0989. The smallest absolute Gasteiger partial charge is 0.339 e. The zero-order valence-corrected chi connectivity index (χ0v) is 16.9. The molecule has 1 aliphatic carbocycles. The number of likely N-dealkylation sites (N-methyl/N-ethyl adjacent to an activating group) is 1. The van der Waals surface area contributed by atoms with Gasteiger partial charge in [-0.15, -0.1) is 0 Å². The fourth-order valence-electron chi connectivity index (χ4n) is 3.80. The predicted octanol–water partition coefficient (Wildman–Crippen LogP) is 4.16. The van der Waals surface area contributed by atoms with Crippen LogP contribution in [0.3, 0.4) is 0 Å². The van der Waals surface area contributed by atoms with Gasteiger partial charge in [0, 0.05) is 30.6 Å². The van der Waals surface area contributed by atoms with Gasteiger partial charge in [-0.1, -0.05) is 0 Å². The number of amides is 1. The van der Waals surface area contributed by atoms with Crippen LogP contribution in [0, 0.1) is 0 Å². The quantitative estimate of drug-likeness (QED) is 0.607. The van der Waals surface area contributed by atoms with Gasteiger partial charge in [0.2, 0.25) is 0 Å². The second kappa shape index (κ2) is 7.80. The zero-order valence-electron chi connectivity index (χ0n) is 16.1. The van der Waals surface area contributed by atoms with E-state index in [1.54, 1.807) is 36.3 Å². The van der Waals surface area contributed by atoms with E-state index in [9.17, 15) is 9.59 Å². The Bertz CT molecular complexity index is 1050. The molecule has 146 valence electrons. The highest BCUT2D eigenvalue weighted by molar-refractivity contribution is 7.07. The Morgan fingerprint density at radius 3 is 2.79 bits per heavy atom. The first-order valence-electron chi connectivity index (χ1n) is 9.54. The minimum atomic E-state index is -0.634. The summed E-state index contributed by atoms with van der Waals surface area (Å²) in [5, 5.41) is 4.99. The minimum Gasteiger partial charge on any atom is -0.481 e. The molecule has 0 radical (unpaired) electrons. The van der Waals surface area contributed by atoms with E-state index in [0.717, 1.165) is 47.8 Å². The van der Waals surface area contributed by atoms with Crippen LogP contribution in [-0.2, 0) is 24.2 Å². The van der Waals surface area contributed by atoms with Gasteiger partial charge in [-0.25, -0.2) is 4.79 Å². The molecule has 0 saturated carbocycles. The third-order valence-electron chi connectivity index (χ3n) is 5.23. The van der Waals surface area contributed by atoms with E-state index in [-0.39, 0.29) is 11.5 Å². The van der Waals surface area contributed by atoms with Crippen LogP contribution in [0.4, 0.5) is 0 Å². The Morgan fingerprint density at radius 1 is 1.25 bits per heavy atom. The van der Waals surface area contributed by atoms with Crippen LogP contribution in [0.25, 0.3) is 11.0 Å². The number of hydrogen-bond acceptors (Lipinski definition) is 5. The maximum Gasteiger partial charge on any atom is 0.339 e. The van der Waals surface area contributed by atoms with Crippen molar-refractivity contribution < 1.29 is 13.9 Å². The van der Waals surface area contributed by atoms with Gasteiger partial charge < -0.3 is 14.1 Å². The standard InChI is InChI=1S/C22H23NO4S/c1-14(21(24)23(2)12-15-9-10-28-13-15)26-16-7-8-18-17-5-3-4-6-19(17)22(25)27-20(18)11-16/h7-11,13-14H,3-6,12H2,1-2H3. The first kappa shape index (κ1) is 18.7. The summed E-state index contributed by atoms with van der Waals surface area (Å²) in [6.07, 6.45) is 3.17. The molecule has 0 fully saturated rings. The first-order valence-corrected chi connectivity index (χ1v) is 10.5. The Morgan fingerprint density at radius 2 is 2.04 bits per heavy atom. The third kappa shape index (κ3) is 3.69. The molecule has 2 aromatic heterocycles. The number of carbonyl (C=O) groups excluding carboxylic acids is 1.